The van der Waals surface area contributed by atoms with Crippen molar-refractivity contribution in [2.75, 3.05) is 62.6 Å². The first-order chi connectivity index (χ1) is 21.8. The van der Waals surface area contributed by atoms with Gasteiger partial charge in [-0.25, -0.2) is 9.78 Å². The molecule has 0 saturated carbocycles. The molecule has 6 rings (SSSR count). The minimum absolute atomic E-state index is 0.000394. The molecule has 2 aliphatic heterocycles. The number of aromatic amines is 1. The van der Waals surface area contributed by atoms with E-state index < -0.39 is 0 Å². The summed E-state index contributed by atoms with van der Waals surface area (Å²) in [6, 6.07) is 22.9. The molecule has 0 spiro atoms. The molecule has 2 fully saturated rings. The fourth-order valence-corrected chi connectivity index (χ4v) is 6.33. The normalized spacial score (nSPS) is 16.8. The zero-order valence-corrected chi connectivity index (χ0v) is 27.1. The number of imidazole rings is 1. The van der Waals surface area contributed by atoms with Crippen LogP contribution in [0.1, 0.15) is 58.4 Å². The number of anilines is 2. The number of carbonyl (C=O) groups excluding carboxylic acids is 1. The van der Waals surface area contributed by atoms with Crippen molar-refractivity contribution in [3.05, 3.63) is 72.3 Å². The zero-order chi connectivity index (χ0) is 31.2. The number of ether oxygens (including phenoxy) is 1. The van der Waals surface area contributed by atoms with E-state index in [1.807, 2.05) is 29.2 Å². The summed E-state index contributed by atoms with van der Waals surface area (Å²) < 4.78 is 6.06. The predicted molar refractivity (Wildman–Crippen MR) is 184 cm³/mol. The number of urea groups is 1. The van der Waals surface area contributed by atoms with E-state index in [1.165, 1.54) is 30.5 Å². The Labute approximate surface area is 267 Å². The van der Waals surface area contributed by atoms with Gasteiger partial charge >= 0.3 is 6.03 Å². The quantitative estimate of drug-likeness (QED) is 0.227. The van der Waals surface area contributed by atoms with Crippen LogP contribution in [0.3, 0.4) is 0 Å². The lowest BCUT2D eigenvalue weighted by Gasteiger charge is -2.36. The van der Waals surface area contributed by atoms with Crippen LogP contribution < -0.4 is 15.0 Å². The van der Waals surface area contributed by atoms with E-state index in [-0.39, 0.29) is 11.4 Å². The molecular formula is C37H48N6O2. The number of aromatic nitrogens is 2. The van der Waals surface area contributed by atoms with Crippen LogP contribution in [0.5, 0.6) is 5.75 Å². The Morgan fingerprint density at radius 1 is 0.844 bits per heavy atom. The molecule has 8 nitrogen and oxygen atoms in total. The number of H-pyrrole nitrogens is 1. The average Bonchev–Trinajstić information content (AvgIpc) is 3.47. The van der Waals surface area contributed by atoms with E-state index >= 15 is 0 Å². The molecular weight excluding hydrogens is 560 g/mol. The van der Waals surface area contributed by atoms with Crippen LogP contribution in [0.25, 0.3) is 22.4 Å². The molecule has 238 valence electrons. The summed E-state index contributed by atoms with van der Waals surface area (Å²) in [5.41, 5.74) is 6.66. The monoisotopic (exact) mass is 608 g/mol. The van der Waals surface area contributed by atoms with Crippen LogP contribution in [0.15, 0.2) is 66.7 Å². The van der Waals surface area contributed by atoms with Crippen molar-refractivity contribution >= 4 is 28.4 Å². The third-order valence-corrected chi connectivity index (χ3v) is 9.15. The van der Waals surface area contributed by atoms with E-state index in [0.717, 1.165) is 92.5 Å². The second kappa shape index (κ2) is 13.9. The summed E-state index contributed by atoms with van der Waals surface area (Å²) in [4.78, 5) is 28.2. The Bertz CT molecular complexity index is 1540. The molecule has 45 heavy (non-hydrogen) atoms. The van der Waals surface area contributed by atoms with Gasteiger partial charge in [-0.05, 0) is 60.2 Å². The predicted octanol–water partition coefficient (Wildman–Crippen LogP) is 7.53. The van der Waals surface area contributed by atoms with Gasteiger partial charge in [0, 0.05) is 57.1 Å². The molecule has 0 aliphatic carbocycles. The molecule has 4 aromatic rings. The van der Waals surface area contributed by atoms with Crippen molar-refractivity contribution in [3.63, 3.8) is 0 Å². The van der Waals surface area contributed by atoms with E-state index in [0.29, 0.717) is 6.61 Å². The standard InChI is InChI=1S/C37H48N6O2/c1-37(2,3)29-14-12-28(13-15-29)35-39-32-10-9-11-33(34(32)40-35)42-24-22-41(23-25-42)26-27-45-31-18-16-30(17-19-31)38-36(44)43-20-7-5-4-6-8-21-43/h9-19H,4-8,20-27H2,1-3H3,(H,38,44)(H,39,40). The number of nitrogens with one attached hydrogen (secondary N) is 2. The third-order valence-electron chi connectivity index (χ3n) is 9.15. The highest BCUT2D eigenvalue weighted by atomic mass is 16.5. The van der Waals surface area contributed by atoms with Gasteiger partial charge in [-0.1, -0.05) is 70.4 Å². The van der Waals surface area contributed by atoms with Crippen molar-refractivity contribution in [1.82, 2.24) is 19.8 Å². The maximum absolute atomic E-state index is 12.7. The number of hydrogen-bond donors (Lipinski definition) is 2. The van der Waals surface area contributed by atoms with Crippen LogP contribution in [0.2, 0.25) is 0 Å². The van der Waals surface area contributed by atoms with Gasteiger partial charge < -0.3 is 24.8 Å². The van der Waals surface area contributed by atoms with Gasteiger partial charge in [0.05, 0.1) is 11.2 Å². The third kappa shape index (κ3) is 7.79. The van der Waals surface area contributed by atoms with Crippen molar-refractivity contribution in [3.8, 4) is 17.1 Å². The molecule has 2 amide bonds. The maximum atomic E-state index is 12.7. The molecule has 0 unspecified atom stereocenters. The number of benzene rings is 3. The number of nitrogens with zero attached hydrogens (tertiary/aromatic N) is 4. The first-order valence-electron chi connectivity index (χ1n) is 16.7. The maximum Gasteiger partial charge on any atom is 0.321 e. The lowest BCUT2D eigenvalue weighted by atomic mass is 9.87. The van der Waals surface area contributed by atoms with Crippen LogP contribution in [0, 0.1) is 0 Å². The molecule has 3 heterocycles. The Hall–Kier alpha value is -4.04. The minimum Gasteiger partial charge on any atom is -0.492 e. The fraction of sp³-hybridized carbons (Fsp3) is 0.459. The van der Waals surface area contributed by atoms with Gasteiger partial charge in [-0.15, -0.1) is 0 Å². The fourth-order valence-electron chi connectivity index (χ4n) is 6.33. The summed E-state index contributed by atoms with van der Waals surface area (Å²) in [6.45, 7) is 13.8. The van der Waals surface area contributed by atoms with E-state index in [1.54, 1.807) is 0 Å². The Kier molecular flexibility index (Phi) is 9.59. The number of rotatable bonds is 7. The molecule has 3 aromatic carbocycles. The Morgan fingerprint density at radius 3 is 2.22 bits per heavy atom. The van der Waals surface area contributed by atoms with Gasteiger partial charge in [0.1, 0.15) is 23.7 Å². The number of para-hydroxylation sites is 1. The van der Waals surface area contributed by atoms with Crippen LogP contribution >= 0.6 is 0 Å². The molecule has 0 bridgehead atoms. The van der Waals surface area contributed by atoms with E-state index in [9.17, 15) is 4.79 Å². The SMILES string of the molecule is CC(C)(C)c1ccc(-c2nc3c(N4CCN(CCOc5ccc(NC(=O)N6CCCCCCC6)cc5)CC4)cccc3[nH]2)cc1. The first-order valence-corrected chi connectivity index (χ1v) is 16.7. The molecule has 2 N–H and O–H groups in total. The molecule has 2 saturated heterocycles. The Balaban J connectivity index is 0.975. The first kappa shape index (κ1) is 31.0. The number of amides is 2. The topological polar surface area (TPSA) is 76.7 Å². The largest absolute Gasteiger partial charge is 0.492 e. The highest BCUT2D eigenvalue weighted by molar-refractivity contribution is 5.91. The highest BCUT2D eigenvalue weighted by Gasteiger charge is 2.21. The minimum atomic E-state index is -0.000394. The number of likely N-dealkylation sites (tertiary alicyclic amines) is 1. The summed E-state index contributed by atoms with van der Waals surface area (Å²) in [6.07, 6.45) is 5.88. The molecule has 8 heteroatoms. The summed E-state index contributed by atoms with van der Waals surface area (Å²) >= 11 is 0. The van der Waals surface area contributed by atoms with Gasteiger partial charge in [0.25, 0.3) is 0 Å². The molecule has 1 aromatic heterocycles. The van der Waals surface area contributed by atoms with Crippen molar-refractivity contribution < 1.29 is 9.53 Å². The van der Waals surface area contributed by atoms with Crippen LogP contribution in [-0.4, -0.2) is 78.2 Å². The molecule has 0 atom stereocenters. The summed E-state index contributed by atoms with van der Waals surface area (Å²) in [7, 11) is 0. The number of piperazine rings is 1. The van der Waals surface area contributed by atoms with Gasteiger partial charge in [0.15, 0.2) is 0 Å². The van der Waals surface area contributed by atoms with Gasteiger partial charge in [-0.2, -0.15) is 0 Å². The smallest absolute Gasteiger partial charge is 0.321 e. The van der Waals surface area contributed by atoms with E-state index in [4.69, 9.17) is 9.72 Å². The van der Waals surface area contributed by atoms with Crippen LogP contribution in [0.4, 0.5) is 16.2 Å². The van der Waals surface area contributed by atoms with Crippen LogP contribution in [-0.2, 0) is 5.41 Å². The number of carbonyl (C=O) groups is 1. The average molecular weight is 609 g/mol. The zero-order valence-electron chi connectivity index (χ0n) is 27.1. The van der Waals surface area contributed by atoms with Crippen molar-refractivity contribution in [2.45, 2.75) is 58.3 Å². The second-order valence-corrected chi connectivity index (χ2v) is 13.5. The summed E-state index contributed by atoms with van der Waals surface area (Å²) in [5, 5.41) is 3.05. The van der Waals surface area contributed by atoms with Crippen molar-refractivity contribution in [1.29, 1.82) is 0 Å². The van der Waals surface area contributed by atoms with Crippen molar-refractivity contribution in [2.24, 2.45) is 0 Å². The number of hydrogen-bond acceptors (Lipinski definition) is 5. The highest BCUT2D eigenvalue weighted by Crippen LogP contribution is 2.30. The molecule has 2 aliphatic rings. The second-order valence-electron chi connectivity index (χ2n) is 13.5. The van der Waals surface area contributed by atoms with Gasteiger partial charge in [-0.3, -0.25) is 4.90 Å². The Morgan fingerprint density at radius 2 is 1.53 bits per heavy atom. The van der Waals surface area contributed by atoms with Gasteiger partial charge in [0.2, 0.25) is 0 Å². The lowest BCUT2D eigenvalue weighted by Crippen LogP contribution is -2.47. The molecule has 0 radical (unpaired) electrons. The van der Waals surface area contributed by atoms with E-state index in [2.05, 4.69) is 83.3 Å². The summed E-state index contributed by atoms with van der Waals surface area (Å²) in [5.74, 6) is 1.74. The number of fused-ring (bicyclic) bond motifs is 1. The lowest BCUT2D eigenvalue weighted by molar-refractivity contribution is 0.200.